The van der Waals surface area contributed by atoms with E-state index in [0.717, 1.165) is 6.08 Å². The lowest BCUT2D eigenvalue weighted by Gasteiger charge is -2.13. The monoisotopic (exact) mass is 262 g/mol. The van der Waals surface area contributed by atoms with Crippen molar-refractivity contribution in [3.05, 3.63) is 17.5 Å². The second-order valence-electron chi connectivity index (χ2n) is 4.91. The predicted molar refractivity (Wildman–Crippen MR) is 56.9 cm³/mol. The zero-order valence-electron chi connectivity index (χ0n) is 10.2. The highest BCUT2D eigenvalue weighted by Gasteiger charge is 2.40. The lowest BCUT2D eigenvalue weighted by Crippen LogP contribution is -2.29. The molecule has 0 aliphatic rings. The van der Waals surface area contributed by atoms with Gasteiger partial charge in [0.2, 0.25) is 6.08 Å². The number of aliphatic imine (C=N–C) groups is 1. The molecule has 1 heterocycles. The highest BCUT2D eigenvalue weighted by Crippen LogP contribution is 2.27. The Morgan fingerprint density at radius 1 is 1.44 bits per heavy atom. The van der Waals surface area contributed by atoms with Gasteiger partial charge in [-0.25, -0.2) is 4.79 Å². The molecule has 0 aliphatic carbocycles. The van der Waals surface area contributed by atoms with Crippen LogP contribution in [0.15, 0.2) is 15.6 Å². The van der Waals surface area contributed by atoms with Crippen molar-refractivity contribution < 1.29 is 22.5 Å². The van der Waals surface area contributed by atoms with Crippen molar-refractivity contribution in [2.45, 2.75) is 44.8 Å². The molecule has 0 bridgehead atoms. The number of carbonyl (C=O) groups excluding carboxylic acids is 1. The first kappa shape index (κ1) is 14.4. The number of hydrogen-bond donors (Lipinski definition) is 0. The van der Waals surface area contributed by atoms with Gasteiger partial charge < -0.3 is 4.52 Å². The number of hydrogen-bond acceptors (Lipinski definition) is 4. The van der Waals surface area contributed by atoms with Crippen molar-refractivity contribution in [2.75, 3.05) is 0 Å². The van der Waals surface area contributed by atoms with Crippen LogP contribution in [-0.2, 0) is 16.6 Å². The lowest BCUT2D eigenvalue weighted by atomic mass is 9.93. The van der Waals surface area contributed by atoms with Crippen LogP contribution >= 0.6 is 0 Å². The maximum atomic E-state index is 12.5. The van der Waals surface area contributed by atoms with Gasteiger partial charge >= 0.3 is 6.18 Å². The van der Waals surface area contributed by atoms with Crippen molar-refractivity contribution in [1.82, 2.24) is 5.16 Å². The molecule has 0 radical (unpaired) electrons. The van der Waals surface area contributed by atoms with Gasteiger partial charge in [0.25, 0.3) is 0 Å². The van der Waals surface area contributed by atoms with E-state index in [0.29, 0.717) is 5.76 Å². The molecule has 7 heteroatoms. The van der Waals surface area contributed by atoms with Crippen molar-refractivity contribution in [3.8, 4) is 0 Å². The van der Waals surface area contributed by atoms with Crippen molar-refractivity contribution >= 4 is 6.08 Å². The first-order valence-electron chi connectivity index (χ1n) is 5.24. The molecule has 0 spiro atoms. The van der Waals surface area contributed by atoms with Crippen LogP contribution in [0, 0.1) is 0 Å². The third kappa shape index (κ3) is 3.70. The SMILES string of the molecule is CC(C)(C)c1cc(CC(N=C=O)C(F)(F)F)no1. The summed E-state index contributed by atoms with van der Waals surface area (Å²) < 4.78 is 42.5. The highest BCUT2D eigenvalue weighted by molar-refractivity contribution is 5.34. The summed E-state index contributed by atoms with van der Waals surface area (Å²) in [6, 6.07) is -0.688. The molecule has 0 N–H and O–H groups in total. The molecule has 1 aromatic heterocycles. The third-order valence-corrected chi connectivity index (χ3v) is 2.29. The second kappa shape index (κ2) is 4.94. The van der Waals surface area contributed by atoms with Crippen molar-refractivity contribution in [1.29, 1.82) is 0 Å². The lowest BCUT2D eigenvalue weighted by molar-refractivity contribution is -0.146. The van der Waals surface area contributed by atoms with Crippen LogP contribution < -0.4 is 0 Å². The molecule has 1 rings (SSSR count). The van der Waals surface area contributed by atoms with Gasteiger partial charge in [0, 0.05) is 17.9 Å². The van der Waals surface area contributed by atoms with Crippen LogP contribution in [0.3, 0.4) is 0 Å². The first-order chi connectivity index (χ1) is 8.14. The summed E-state index contributed by atoms with van der Waals surface area (Å²) in [5, 5.41) is 3.55. The van der Waals surface area contributed by atoms with E-state index in [1.807, 2.05) is 20.8 Å². The molecule has 0 saturated heterocycles. The Kier molecular flexibility index (Phi) is 3.96. The number of alkyl halides is 3. The van der Waals surface area contributed by atoms with E-state index in [-0.39, 0.29) is 11.1 Å². The molecule has 0 fully saturated rings. The minimum atomic E-state index is -4.60. The van der Waals surface area contributed by atoms with E-state index in [1.165, 1.54) is 6.07 Å². The Hall–Kier alpha value is -1.62. The number of nitrogens with zero attached hydrogens (tertiary/aromatic N) is 2. The van der Waals surface area contributed by atoms with Crippen LogP contribution in [0.4, 0.5) is 13.2 Å². The van der Waals surface area contributed by atoms with E-state index in [2.05, 4.69) is 10.1 Å². The molecule has 4 nitrogen and oxygen atoms in total. The maximum Gasteiger partial charge on any atom is 0.412 e. The summed E-state index contributed by atoms with van der Waals surface area (Å²) in [7, 11) is 0. The molecule has 100 valence electrons. The van der Waals surface area contributed by atoms with E-state index < -0.39 is 18.6 Å². The van der Waals surface area contributed by atoms with Gasteiger partial charge in [-0.1, -0.05) is 25.9 Å². The van der Waals surface area contributed by atoms with E-state index in [4.69, 9.17) is 4.52 Å². The van der Waals surface area contributed by atoms with Gasteiger partial charge in [0.15, 0.2) is 6.04 Å². The van der Waals surface area contributed by atoms with Gasteiger partial charge in [-0.2, -0.15) is 18.2 Å². The van der Waals surface area contributed by atoms with Crippen LogP contribution in [0.5, 0.6) is 0 Å². The molecule has 18 heavy (non-hydrogen) atoms. The normalized spacial score (nSPS) is 14.1. The van der Waals surface area contributed by atoms with E-state index in [1.54, 1.807) is 0 Å². The molecule has 0 saturated carbocycles. The van der Waals surface area contributed by atoms with Gasteiger partial charge in [-0.15, -0.1) is 0 Å². The first-order valence-corrected chi connectivity index (χ1v) is 5.24. The van der Waals surface area contributed by atoms with Crippen molar-refractivity contribution in [2.24, 2.45) is 4.99 Å². The fourth-order valence-corrected chi connectivity index (χ4v) is 1.26. The van der Waals surface area contributed by atoms with Gasteiger partial charge in [-0.3, -0.25) is 0 Å². The van der Waals surface area contributed by atoms with E-state index in [9.17, 15) is 18.0 Å². The summed E-state index contributed by atoms with van der Waals surface area (Å²) in [5.74, 6) is 0.480. The Morgan fingerprint density at radius 2 is 2.06 bits per heavy atom. The average molecular weight is 262 g/mol. The molecule has 1 aromatic rings. The third-order valence-electron chi connectivity index (χ3n) is 2.29. The standard InChI is InChI=1S/C11H13F3N2O2/c1-10(2,3)9-5-7(16-18-9)4-8(15-6-17)11(12,13)14/h5,8H,4H2,1-3H3. The topological polar surface area (TPSA) is 55.5 Å². The number of aromatic nitrogens is 1. The highest BCUT2D eigenvalue weighted by atomic mass is 19.4. The molecule has 1 atom stereocenters. The summed E-state index contributed by atoms with van der Waals surface area (Å²) in [4.78, 5) is 12.7. The fourth-order valence-electron chi connectivity index (χ4n) is 1.26. The molecular formula is C11H13F3N2O2. The second-order valence-corrected chi connectivity index (χ2v) is 4.91. The summed E-state index contributed by atoms with van der Waals surface area (Å²) >= 11 is 0. The van der Waals surface area contributed by atoms with Crippen molar-refractivity contribution in [3.63, 3.8) is 0 Å². The predicted octanol–water partition coefficient (Wildman–Crippen LogP) is 2.78. The quantitative estimate of drug-likeness (QED) is 0.621. The summed E-state index contributed by atoms with van der Waals surface area (Å²) in [6.45, 7) is 5.55. The zero-order chi connectivity index (χ0) is 14.0. The minimum Gasteiger partial charge on any atom is -0.361 e. The van der Waals surface area contributed by atoms with Crippen LogP contribution in [0.2, 0.25) is 0 Å². The number of halogens is 3. The largest absolute Gasteiger partial charge is 0.412 e. The minimum absolute atomic E-state index is 0.112. The smallest absolute Gasteiger partial charge is 0.361 e. The van der Waals surface area contributed by atoms with Crippen LogP contribution in [0.1, 0.15) is 32.2 Å². The van der Waals surface area contributed by atoms with Gasteiger partial charge in [0.1, 0.15) is 5.76 Å². The average Bonchev–Trinajstić information content (AvgIpc) is 2.63. The van der Waals surface area contributed by atoms with Crippen LogP contribution in [-0.4, -0.2) is 23.5 Å². The molecule has 0 amide bonds. The Bertz CT molecular complexity index is 454. The fraction of sp³-hybridized carbons (Fsp3) is 0.636. The maximum absolute atomic E-state index is 12.5. The van der Waals surface area contributed by atoms with Crippen LogP contribution in [0.25, 0.3) is 0 Å². The molecule has 0 aromatic carbocycles. The van der Waals surface area contributed by atoms with E-state index >= 15 is 0 Å². The summed E-state index contributed by atoms with van der Waals surface area (Å²) in [6.07, 6.45) is -4.20. The number of isocyanates is 1. The summed E-state index contributed by atoms with van der Waals surface area (Å²) in [5.41, 5.74) is -0.228. The Labute approximate surface area is 102 Å². The molecule has 0 aliphatic heterocycles. The Balaban J connectivity index is 2.89. The van der Waals surface area contributed by atoms with Gasteiger partial charge in [-0.05, 0) is 0 Å². The van der Waals surface area contributed by atoms with Gasteiger partial charge in [0.05, 0.1) is 5.69 Å². The molecule has 1 unspecified atom stereocenters. The Morgan fingerprint density at radius 3 is 2.44 bits per heavy atom. The molecular weight excluding hydrogens is 249 g/mol. The zero-order valence-corrected chi connectivity index (χ0v) is 10.2. The number of rotatable bonds is 3.